The van der Waals surface area contributed by atoms with Crippen LogP contribution in [0.15, 0.2) is 12.3 Å². The molecular formula is C17H26N4O3. The SMILES string of the molecule is CC(C)CC(=O)N1Cc2ccnn2[C@H](CC(=O)N2CCCCO2)C1. The lowest BCUT2D eigenvalue weighted by molar-refractivity contribution is -0.198. The molecule has 0 saturated carbocycles. The van der Waals surface area contributed by atoms with Crippen molar-refractivity contribution in [1.29, 1.82) is 0 Å². The van der Waals surface area contributed by atoms with E-state index in [0.29, 0.717) is 45.0 Å². The fourth-order valence-corrected chi connectivity index (χ4v) is 3.30. The number of nitrogens with zero attached hydrogens (tertiary/aromatic N) is 4. The Bertz CT molecular complexity index is 592. The molecule has 24 heavy (non-hydrogen) atoms. The van der Waals surface area contributed by atoms with Crippen molar-refractivity contribution in [3.8, 4) is 0 Å². The monoisotopic (exact) mass is 334 g/mol. The van der Waals surface area contributed by atoms with E-state index < -0.39 is 0 Å². The lowest BCUT2D eigenvalue weighted by Crippen LogP contribution is -2.44. The van der Waals surface area contributed by atoms with Crippen molar-refractivity contribution in [3.63, 3.8) is 0 Å². The first-order chi connectivity index (χ1) is 11.5. The van der Waals surface area contributed by atoms with Crippen LogP contribution in [0, 0.1) is 5.92 Å². The van der Waals surface area contributed by atoms with Crippen LogP contribution in [-0.2, 0) is 21.0 Å². The number of hydrogen-bond donors (Lipinski definition) is 0. The minimum atomic E-state index is -0.127. The number of aromatic nitrogens is 2. The van der Waals surface area contributed by atoms with Crippen LogP contribution < -0.4 is 0 Å². The quantitative estimate of drug-likeness (QED) is 0.841. The largest absolute Gasteiger partial charge is 0.335 e. The Morgan fingerprint density at radius 2 is 2.17 bits per heavy atom. The lowest BCUT2D eigenvalue weighted by atomic mass is 10.1. The van der Waals surface area contributed by atoms with Crippen LogP contribution in [0.1, 0.15) is 51.3 Å². The summed E-state index contributed by atoms with van der Waals surface area (Å²) in [5.41, 5.74) is 0.982. The molecular weight excluding hydrogens is 308 g/mol. The second-order valence-electron chi connectivity index (χ2n) is 7.03. The molecule has 2 amide bonds. The first kappa shape index (κ1) is 17.0. The maximum absolute atomic E-state index is 12.5. The molecule has 0 N–H and O–H groups in total. The third-order valence-corrected chi connectivity index (χ3v) is 4.51. The maximum Gasteiger partial charge on any atom is 0.248 e. The van der Waals surface area contributed by atoms with Crippen LogP contribution in [0.25, 0.3) is 0 Å². The molecule has 1 aromatic rings. The molecule has 1 aromatic heterocycles. The number of amides is 2. The highest BCUT2D eigenvalue weighted by Gasteiger charge is 2.31. The Morgan fingerprint density at radius 3 is 2.88 bits per heavy atom. The van der Waals surface area contributed by atoms with Crippen molar-refractivity contribution in [3.05, 3.63) is 18.0 Å². The van der Waals surface area contributed by atoms with Crippen LogP contribution in [0.2, 0.25) is 0 Å². The number of carbonyl (C=O) groups is 2. The molecule has 7 heteroatoms. The number of hydrogen-bond acceptors (Lipinski definition) is 4. The van der Waals surface area contributed by atoms with Crippen LogP contribution >= 0.6 is 0 Å². The van der Waals surface area contributed by atoms with Crippen LogP contribution in [0.5, 0.6) is 0 Å². The second kappa shape index (κ2) is 7.34. The number of fused-ring (bicyclic) bond motifs is 1. The molecule has 1 saturated heterocycles. The van der Waals surface area contributed by atoms with Crippen molar-refractivity contribution >= 4 is 11.8 Å². The van der Waals surface area contributed by atoms with Crippen molar-refractivity contribution in [2.24, 2.45) is 5.92 Å². The zero-order valence-corrected chi connectivity index (χ0v) is 14.5. The van der Waals surface area contributed by atoms with Gasteiger partial charge in [0.25, 0.3) is 0 Å². The highest BCUT2D eigenvalue weighted by molar-refractivity contribution is 5.77. The summed E-state index contributed by atoms with van der Waals surface area (Å²) in [5, 5.41) is 5.83. The number of rotatable bonds is 4. The molecule has 2 aliphatic heterocycles. The van der Waals surface area contributed by atoms with E-state index in [1.54, 1.807) is 6.20 Å². The summed E-state index contributed by atoms with van der Waals surface area (Å²) < 4.78 is 1.89. The summed E-state index contributed by atoms with van der Waals surface area (Å²) in [7, 11) is 0. The minimum absolute atomic E-state index is 0.0284. The van der Waals surface area contributed by atoms with Crippen molar-refractivity contribution in [2.75, 3.05) is 19.7 Å². The average Bonchev–Trinajstić information content (AvgIpc) is 3.03. The van der Waals surface area contributed by atoms with Gasteiger partial charge in [0.1, 0.15) is 0 Å². The van der Waals surface area contributed by atoms with Gasteiger partial charge >= 0.3 is 0 Å². The normalized spacial score (nSPS) is 21.0. The summed E-state index contributed by atoms with van der Waals surface area (Å²) in [5.74, 6) is 0.439. The zero-order valence-electron chi connectivity index (χ0n) is 14.5. The van der Waals surface area contributed by atoms with Crippen molar-refractivity contribution in [2.45, 2.75) is 52.1 Å². The van der Waals surface area contributed by atoms with Crippen LogP contribution in [0.4, 0.5) is 0 Å². The highest BCUT2D eigenvalue weighted by Crippen LogP contribution is 2.25. The Hall–Kier alpha value is -1.89. The van der Waals surface area contributed by atoms with E-state index in [-0.39, 0.29) is 17.9 Å². The summed E-state index contributed by atoms with van der Waals surface area (Å²) in [6.07, 6.45) is 4.54. The summed E-state index contributed by atoms with van der Waals surface area (Å²) in [4.78, 5) is 32.3. The average molecular weight is 334 g/mol. The van der Waals surface area contributed by atoms with Gasteiger partial charge in [-0.2, -0.15) is 5.10 Å². The summed E-state index contributed by atoms with van der Waals surface area (Å²) in [6.45, 7) is 6.42. The number of hydroxylamine groups is 2. The minimum Gasteiger partial charge on any atom is -0.335 e. The van der Waals surface area contributed by atoms with E-state index >= 15 is 0 Å². The molecule has 3 heterocycles. The molecule has 1 atom stereocenters. The molecule has 7 nitrogen and oxygen atoms in total. The van der Waals surface area contributed by atoms with Crippen molar-refractivity contribution < 1.29 is 14.4 Å². The van der Waals surface area contributed by atoms with Gasteiger partial charge in [-0.05, 0) is 24.8 Å². The molecule has 2 aliphatic rings. The number of carbonyl (C=O) groups excluding carboxylic acids is 2. The van der Waals surface area contributed by atoms with E-state index in [9.17, 15) is 9.59 Å². The topological polar surface area (TPSA) is 67.7 Å². The predicted molar refractivity (Wildman–Crippen MR) is 87.7 cm³/mol. The lowest BCUT2D eigenvalue weighted by Gasteiger charge is -2.35. The molecule has 0 spiro atoms. The van der Waals surface area contributed by atoms with Gasteiger partial charge in [0.05, 0.1) is 31.3 Å². The Kier molecular flexibility index (Phi) is 5.18. The highest BCUT2D eigenvalue weighted by atomic mass is 16.7. The van der Waals surface area contributed by atoms with Gasteiger partial charge < -0.3 is 4.90 Å². The molecule has 0 radical (unpaired) electrons. The van der Waals surface area contributed by atoms with Gasteiger partial charge in [-0.1, -0.05) is 13.8 Å². The van der Waals surface area contributed by atoms with Gasteiger partial charge in [0.15, 0.2) is 0 Å². The maximum atomic E-state index is 12.5. The molecule has 0 aliphatic carbocycles. The van der Waals surface area contributed by atoms with Crippen LogP contribution in [0.3, 0.4) is 0 Å². The smallest absolute Gasteiger partial charge is 0.248 e. The summed E-state index contributed by atoms with van der Waals surface area (Å²) >= 11 is 0. The van der Waals surface area contributed by atoms with Gasteiger partial charge in [-0.3, -0.25) is 19.1 Å². The molecule has 1 fully saturated rings. The van der Waals surface area contributed by atoms with Gasteiger partial charge in [0, 0.05) is 25.7 Å². The first-order valence-corrected chi connectivity index (χ1v) is 8.78. The Labute approximate surface area is 142 Å². The third kappa shape index (κ3) is 3.77. The fourth-order valence-electron chi connectivity index (χ4n) is 3.30. The molecule has 0 aromatic carbocycles. The zero-order chi connectivity index (χ0) is 17.1. The summed E-state index contributed by atoms with van der Waals surface area (Å²) in [6, 6.07) is 1.79. The van der Waals surface area contributed by atoms with Gasteiger partial charge in [-0.15, -0.1) is 0 Å². The first-order valence-electron chi connectivity index (χ1n) is 8.78. The standard InChI is InChI=1S/C17H26N4O3/c1-13(2)9-16(22)19-11-14-5-6-18-21(14)15(12-19)10-17(23)20-7-3-4-8-24-20/h5-6,13,15H,3-4,7-12H2,1-2H3/t15-/m1/s1. The van der Waals surface area contributed by atoms with Gasteiger partial charge in [-0.25, -0.2) is 5.06 Å². The van der Waals surface area contributed by atoms with Crippen molar-refractivity contribution in [1.82, 2.24) is 19.7 Å². The third-order valence-electron chi connectivity index (χ3n) is 4.51. The molecule has 0 unspecified atom stereocenters. The van der Waals surface area contributed by atoms with E-state index in [1.165, 1.54) is 5.06 Å². The molecule has 132 valence electrons. The van der Waals surface area contributed by atoms with Crippen LogP contribution in [-0.4, -0.2) is 51.3 Å². The van der Waals surface area contributed by atoms with E-state index in [1.807, 2.05) is 29.5 Å². The fraction of sp³-hybridized carbons (Fsp3) is 0.706. The molecule has 3 rings (SSSR count). The predicted octanol–water partition coefficient (Wildman–Crippen LogP) is 1.76. The van der Waals surface area contributed by atoms with Gasteiger partial charge in [0.2, 0.25) is 11.8 Å². The Morgan fingerprint density at radius 1 is 1.33 bits per heavy atom. The van der Waals surface area contributed by atoms with E-state index in [0.717, 1.165) is 18.5 Å². The van der Waals surface area contributed by atoms with E-state index in [4.69, 9.17) is 4.84 Å². The second-order valence-corrected chi connectivity index (χ2v) is 7.03. The molecule has 0 bridgehead atoms. The Balaban J connectivity index is 1.69. The van der Waals surface area contributed by atoms with E-state index in [2.05, 4.69) is 5.10 Å².